The number of hydrogen-bond donors (Lipinski definition) is 0. The van der Waals surface area contributed by atoms with Crippen molar-refractivity contribution in [2.75, 3.05) is 0 Å². The Morgan fingerprint density at radius 1 is 1.04 bits per heavy atom. The maximum Gasteiger partial charge on any atom is 0.315 e. The Labute approximate surface area is 143 Å². The van der Waals surface area contributed by atoms with E-state index in [0.29, 0.717) is 11.3 Å². The zero-order valence-electron chi connectivity index (χ0n) is 13.2. The van der Waals surface area contributed by atoms with Gasteiger partial charge in [-0.3, -0.25) is 4.79 Å². The van der Waals surface area contributed by atoms with Gasteiger partial charge in [0, 0.05) is 10.9 Å². The van der Waals surface area contributed by atoms with E-state index in [-0.39, 0.29) is 12.4 Å². The van der Waals surface area contributed by atoms with Gasteiger partial charge in [0.2, 0.25) is 0 Å². The molecule has 0 aliphatic carbocycles. The normalized spacial score (nSPS) is 10.7. The van der Waals surface area contributed by atoms with Gasteiger partial charge in [-0.1, -0.05) is 30.3 Å². The number of fused-ring (bicyclic) bond motifs is 3. The number of ether oxygens (including phenoxy) is 1. The Bertz CT molecular complexity index is 1120. The standard InChI is InChI=1S/C21H13NO3/c22-12-14-5-8-17(9-6-14)25-20(23)11-16-13-24-19-10-7-15-3-1-2-4-18(15)21(16)19/h1-10,13H,11H2. The third-order valence-electron chi connectivity index (χ3n) is 4.09. The van der Waals surface area contributed by atoms with E-state index in [2.05, 4.69) is 0 Å². The summed E-state index contributed by atoms with van der Waals surface area (Å²) in [6.07, 6.45) is 1.72. The third kappa shape index (κ3) is 2.84. The number of carbonyl (C=O) groups is 1. The van der Waals surface area contributed by atoms with Crippen LogP contribution in [0.3, 0.4) is 0 Å². The summed E-state index contributed by atoms with van der Waals surface area (Å²) in [7, 11) is 0. The van der Waals surface area contributed by atoms with Crippen LogP contribution in [0.25, 0.3) is 21.7 Å². The van der Waals surface area contributed by atoms with E-state index in [1.807, 2.05) is 42.5 Å². The number of carbonyl (C=O) groups excluding carboxylic acids is 1. The molecule has 0 saturated carbocycles. The van der Waals surface area contributed by atoms with Crippen LogP contribution >= 0.6 is 0 Å². The largest absolute Gasteiger partial charge is 0.464 e. The van der Waals surface area contributed by atoms with Crippen molar-refractivity contribution < 1.29 is 13.9 Å². The molecule has 4 aromatic rings. The van der Waals surface area contributed by atoms with Gasteiger partial charge in [0.05, 0.1) is 24.3 Å². The third-order valence-corrected chi connectivity index (χ3v) is 4.09. The van der Waals surface area contributed by atoms with Crippen molar-refractivity contribution in [1.29, 1.82) is 5.26 Å². The summed E-state index contributed by atoms with van der Waals surface area (Å²) in [6.45, 7) is 0. The number of furan rings is 1. The Balaban J connectivity index is 1.62. The molecular formula is C21H13NO3. The predicted octanol–water partition coefficient (Wildman–Crippen LogP) is 4.61. The van der Waals surface area contributed by atoms with Gasteiger partial charge in [-0.25, -0.2) is 0 Å². The van der Waals surface area contributed by atoms with Gasteiger partial charge in [0.15, 0.2) is 0 Å². The minimum Gasteiger partial charge on any atom is -0.464 e. The highest BCUT2D eigenvalue weighted by Crippen LogP contribution is 2.30. The molecule has 0 aliphatic rings. The summed E-state index contributed by atoms with van der Waals surface area (Å²) in [6, 6.07) is 20.4. The fraction of sp³-hybridized carbons (Fsp3) is 0.0476. The second-order valence-electron chi connectivity index (χ2n) is 5.71. The van der Waals surface area contributed by atoms with Crippen LogP contribution in [0.15, 0.2) is 71.3 Å². The zero-order valence-corrected chi connectivity index (χ0v) is 13.2. The van der Waals surface area contributed by atoms with E-state index in [0.717, 1.165) is 27.3 Å². The maximum atomic E-state index is 12.3. The summed E-state index contributed by atoms with van der Waals surface area (Å²) in [5.41, 5.74) is 2.07. The first-order chi connectivity index (χ1) is 12.2. The molecule has 120 valence electrons. The van der Waals surface area contributed by atoms with Crippen LogP contribution < -0.4 is 4.74 Å². The van der Waals surface area contributed by atoms with Crippen molar-refractivity contribution >= 4 is 27.7 Å². The smallest absolute Gasteiger partial charge is 0.315 e. The van der Waals surface area contributed by atoms with Crippen molar-refractivity contribution in [3.8, 4) is 11.8 Å². The number of nitrogens with zero attached hydrogens (tertiary/aromatic N) is 1. The molecule has 0 N–H and O–H groups in total. The monoisotopic (exact) mass is 327 g/mol. The van der Waals surface area contributed by atoms with Crippen LogP contribution in [-0.2, 0) is 11.2 Å². The molecule has 0 unspecified atom stereocenters. The molecule has 0 bridgehead atoms. The molecule has 0 radical (unpaired) electrons. The molecule has 0 amide bonds. The van der Waals surface area contributed by atoms with Gasteiger partial charge < -0.3 is 9.15 Å². The van der Waals surface area contributed by atoms with Gasteiger partial charge in [-0.15, -0.1) is 0 Å². The molecule has 0 atom stereocenters. The van der Waals surface area contributed by atoms with E-state index < -0.39 is 0 Å². The molecule has 0 fully saturated rings. The lowest BCUT2D eigenvalue weighted by Gasteiger charge is -2.04. The highest BCUT2D eigenvalue weighted by atomic mass is 16.5. The van der Waals surface area contributed by atoms with Gasteiger partial charge in [-0.2, -0.15) is 5.26 Å². The van der Waals surface area contributed by atoms with Crippen molar-refractivity contribution in [2.24, 2.45) is 0 Å². The summed E-state index contributed by atoms with van der Waals surface area (Å²) >= 11 is 0. The van der Waals surface area contributed by atoms with Gasteiger partial charge in [-0.05, 0) is 41.1 Å². The van der Waals surface area contributed by atoms with Gasteiger partial charge in [0.1, 0.15) is 11.3 Å². The Morgan fingerprint density at radius 3 is 2.64 bits per heavy atom. The lowest BCUT2D eigenvalue weighted by molar-refractivity contribution is -0.133. The fourth-order valence-electron chi connectivity index (χ4n) is 2.93. The van der Waals surface area contributed by atoms with Crippen LogP contribution in [0, 0.1) is 11.3 Å². The Hall–Kier alpha value is -3.58. The highest BCUT2D eigenvalue weighted by molar-refractivity contribution is 6.08. The van der Waals surface area contributed by atoms with Crippen LogP contribution in [-0.4, -0.2) is 5.97 Å². The summed E-state index contributed by atoms with van der Waals surface area (Å²) < 4.78 is 11.0. The quantitative estimate of drug-likeness (QED) is 0.407. The van der Waals surface area contributed by atoms with Crippen molar-refractivity contribution in [2.45, 2.75) is 6.42 Å². The van der Waals surface area contributed by atoms with Crippen molar-refractivity contribution in [3.05, 3.63) is 78.1 Å². The minimum absolute atomic E-state index is 0.112. The molecule has 25 heavy (non-hydrogen) atoms. The molecule has 1 heterocycles. The number of hydrogen-bond acceptors (Lipinski definition) is 4. The number of esters is 1. The molecule has 4 nitrogen and oxygen atoms in total. The minimum atomic E-state index is -0.375. The van der Waals surface area contributed by atoms with Gasteiger partial charge >= 0.3 is 5.97 Å². The fourth-order valence-corrected chi connectivity index (χ4v) is 2.93. The Morgan fingerprint density at radius 2 is 1.84 bits per heavy atom. The van der Waals surface area contributed by atoms with Gasteiger partial charge in [0.25, 0.3) is 0 Å². The first-order valence-corrected chi connectivity index (χ1v) is 7.83. The molecule has 4 rings (SSSR count). The highest BCUT2D eigenvalue weighted by Gasteiger charge is 2.14. The molecule has 0 spiro atoms. The maximum absolute atomic E-state index is 12.3. The average Bonchev–Trinajstić information content (AvgIpc) is 3.05. The number of benzene rings is 3. The molecule has 3 aromatic carbocycles. The van der Waals surface area contributed by atoms with E-state index in [4.69, 9.17) is 14.4 Å². The molecule has 4 heteroatoms. The van der Waals surface area contributed by atoms with Crippen LogP contribution in [0.4, 0.5) is 0 Å². The SMILES string of the molecule is N#Cc1ccc(OC(=O)Cc2coc3ccc4ccccc4c23)cc1. The predicted molar refractivity (Wildman–Crippen MR) is 94.2 cm³/mol. The first-order valence-electron chi connectivity index (χ1n) is 7.83. The summed E-state index contributed by atoms with van der Waals surface area (Å²) in [5, 5.41) is 11.9. The summed E-state index contributed by atoms with van der Waals surface area (Å²) in [4.78, 5) is 12.3. The van der Waals surface area contributed by atoms with E-state index in [9.17, 15) is 4.79 Å². The number of nitriles is 1. The molecule has 1 aromatic heterocycles. The zero-order chi connectivity index (χ0) is 17.2. The second-order valence-corrected chi connectivity index (χ2v) is 5.71. The van der Waals surface area contributed by atoms with Crippen LogP contribution in [0.5, 0.6) is 5.75 Å². The lowest BCUT2D eigenvalue weighted by Crippen LogP contribution is -2.10. The lowest BCUT2D eigenvalue weighted by atomic mass is 10.0. The topological polar surface area (TPSA) is 63.2 Å². The van der Waals surface area contributed by atoms with Crippen molar-refractivity contribution in [1.82, 2.24) is 0 Å². The van der Waals surface area contributed by atoms with E-state index >= 15 is 0 Å². The molecule has 0 aliphatic heterocycles. The second kappa shape index (κ2) is 6.14. The van der Waals surface area contributed by atoms with E-state index in [1.54, 1.807) is 30.5 Å². The average molecular weight is 327 g/mol. The van der Waals surface area contributed by atoms with Crippen LogP contribution in [0.2, 0.25) is 0 Å². The van der Waals surface area contributed by atoms with E-state index in [1.165, 1.54) is 0 Å². The molecule has 0 saturated heterocycles. The first kappa shape index (κ1) is 15.0. The van der Waals surface area contributed by atoms with Crippen LogP contribution in [0.1, 0.15) is 11.1 Å². The Kier molecular flexibility index (Phi) is 3.68. The summed E-state index contributed by atoms with van der Waals surface area (Å²) in [5.74, 6) is 0.0435. The number of rotatable bonds is 3. The van der Waals surface area contributed by atoms with Crippen molar-refractivity contribution in [3.63, 3.8) is 0 Å². The molecular weight excluding hydrogens is 314 g/mol.